The number of ether oxygens (including phenoxy) is 2. The summed E-state index contributed by atoms with van der Waals surface area (Å²) in [7, 11) is -2.49. The van der Waals surface area contributed by atoms with E-state index in [9.17, 15) is 13.2 Å². The van der Waals surface area contributed by atoms with E-state index >= 15 is 0 Å². The zero-order valence-corrected chi connectivity index (χ0v) is 13.9. The van der Waals surface area contributed by atoms with E-state index in [1.807, 2.05) is 6.07 Å². The van der Waals surface area contributed by atoms with Crippen molar-refractivity contribution < 1.29 is 22.7 Å². The smallest absolute Gasteiger partial charge is 0.213 e. The van der Waals surface area contributed by atoms with Gasteiger partial charge in [0.2, 0.25) is 10.0 Å². The molecule has 2 aromatic carbocycles. The quantitative estimate of drug-likeness (QED) is 0.728. The van der Waals surface area contributed by atoms with Gasteiger partial charge in [-0.1, -0.05) is 18.2 Å². The lowest BCUT2D eigenvalue weighted by atomic mass is 10.0. The lowest BCUT2D eigenvalue weighted by Gasteiger charge is -2.15. The molecule has 8 heteroatoms. The van der Waals surface area contributed by atoms with Crippen molar-refractivity contribution in [2.75, 3.05) is 13.7 Å². The molecule has 0 aliphatic carbocycles. The minimum Gasteiger partial charge on any atom is -0.496 e. The normalized spacial score (nSPS) is 11.1. The largest absolute Gasteiger partial charge is 0.496 e. The number of carbonyl (C=O) groups is 1. The van der Waals surface area contributed by atoms with Gasteiger partial charge in [0.25, 0.3) is 0 Å². The molecule has 0 atom stereocenters. The average molecular weight is 350 g/mol. The van der Waals surface area contributed by atoms with Crippen LogP contribution in [0.25, 0.3) is 0 Å². The third-order valence-electron chi connectivity index (χ3n) is 3.16. The van der Waals surface area contributed by atoms with E-state index in [0.717, 1.165) is 0 Å². The molecule has 0 bridgehead atoms. The van der Waals surface area contributed by atoms with E-state index in [-0.39, 0.29) is 29.2 Å². The van der Waals surface area contributed by atoms with Crippen molar-refractivity contribution in [2.24, 2.45) is 10.9 Å². The van der Waals surface area contributed by atoms with Crippen molar-refractivity contribution in [3.63, 3.8) is 0 Å². The number of nitrogens with two attached hydrogens (primary N) is 2. The molecule has 0 spiro atoms. The van der Waals surface area contributed by atoms with Crippen LogP contribution in [-0.4, -0.2) is 27.9 Å². The summed E-state index contributed by atoms with van der Waals surface area (Å²) >= 11 is 0. The summed E-state index contributed by atoms with van der Waals surface area (Å²) < 4.78 is 33.8. The fourth-order valence-corrected chi connectivity index (χ4v) is 2.87. The van der Waals surface area contributed by atoms with Crippen molar-refractivity contribution >= 4 is 15.8 Å². The number of primary sulfonamides is 1. The predicted molar refractivity (Wildman–Crippen MR) is 89.7 cm³/mol. The highest BCUT2D eigenvalue weighted by Crippen LogP contribution is 2.33. The molecule has 7 nitrogen and oxygen atoms in total. The van der Waals surface area contributed by atoms with E-state index in [1.54, 1.807) is 24.3 Å². The van der Waals surface area contributed by atoms with Gasteiger partial charge in [0.05, 0.1) is 25.0 Å². The molecule has 0 saturated carbocycles. The molecule has 0 unspecified atom stereocenters. The van der Waals surface area contributed by atoms with Gasteiger partial charge in [-0.3, -0.25) is 4.79 Å². The first kappa shape index (κ1) is 17.9. The Kier molecular flexibility index (Phi) is 5.55. The Bertz CT molecular complexity index is 835. The Hall–Kier alpha value is -2.42. The van der Waals surface area contributed by atoms with Crippen molar-refractivity contribution in [3.8, 4) is 17.2 Å². The van der Waals surface area contributed by atoms with Crippen LogP contribution in [-0.2, 0) is 15.8 Å². The van der Waals surface area contributed by atoms with E-state index in [0.29, 0.717) is 5.75 Å². The summed E-state index contributed by atoms with van der Waals surface area (Å²) in [6.45, 7) is -0.250. The summed E-state index contributed by atoms with van der Waals surface area (Å²) in [5, 5.41) is 5.12. The van der Waals surface area contributed by atoms with Gasteiger partial charge in [-0.2, -0.15) is 0 Å². The van der Waals surface area contributed by atoms with E-state index in [4.69, 9.17) is 20.3 Å². The summed E-state index contributed by atoms with van der Waals surface area (Å²) in [6, 6.07) is 11.8. The minimum absolute atomic E-state index is 0.125. The van der Waals surface area contributed by atoms with Gasteiger partial charge in [-0.25, -0.2) is 13.6 Å². The number of sulfonamides is 1. The maximum atomic E-state index is 12.1. The highest BCUT2D eigenvalue weighted by Gasteiger charge is 2.20. The number of hydrogen-bond acceptors (Lipinski definition) is 6. The molecule has 128 valence electrons. The van der Waals surface area contributed by atoms with Gasteiger partial charge >= 0.3 is 0 Å². The van der Waals surface area contributed by atoms with E-state index in [2.05, 4.69) is 0 Å². The maximum Gasteiger partial charge on any atom is 0.213 e. The molecular formula is C16H18N2O5S. The lowest BCUT2D eigenvalue weighted by molar-refractivity contribution is 0.0998. The Morgan fingerprint density at radius 2 is 1.79 bits per heavy atom. The number of Topliss-reactive ketones (excluding diaryl/α,β-unsaturated/α-hetero) is 1. The van der Waals surface area contributed by atoms with Gasteiger partial charge in [-0.05, 0) is 24.3 Å². The number of benzene rings is 2. The summed E-state index contributed by atoms with van der Waals surface area (Å²) in [6.07, 6.45) is 0. The number of hydrogen-bond donors (Lipinski definition) is 2. The maximum absolute atomic E-state index is 12.1. The molecule has 0 heterocycles. The Balaban J connectivity index is 2.55. The minimum atomic E-state index is -3.83. The van der Waals surface area contributed by atoms with Crippen LogP contribution < -0.4 is 20.3 Å². The van der Waals surface area contributed by atoms with Gasteiger partial charge in [0, 0.05) is 5.56 Å². The van der Waals surface area contributed by atoms with Crippen molar-refractivity contribution in [1.29, 1.82) is 0 Å². The molecule has 0 fully saturated rings. The standard InChI is InChI=1S/C16H18N2O5S/c1-22-16-11(10-24(18,20)21)7-13(8-14(16)15(19)9-17)23-12-5-3-2-4-6-12/h2-8H,9-10,17H2,1H3,(H2,18,20,21). The molecule has 4 N–H and O–H groups in total. The molecule has 0 radical (unpaired) electrons. The second kappa shape index (κ2) is 7.43. The summed E-state index contributed by atoms with van der Waals surface area (Å²) in [5.41, 5.74) is 5.79. The predicted octanol–water partition coefficient (Wildman–Crippen LogP) is 1.42. The Morgan fingerprint density at radius 1 is 1.12 bits per heavy atom. The van der Waals surface area contributed by atoms with E-state index in [1.165, 1.54) is 19.2 Å². The average Bonchev–Trinajstić information content (AvgIpc) is 2.53. The molecule has 2 aromatic rings. The van der Waals surface area contributed by atoms with Crippen LogP contribution in [0.15, 0.2) is 42.5 Å². The Labute approximate surface area is 140 Å². The van der Waals surface area contributed by atoms with Gasteiger partial charge < -0.3 is 15.2 Å². The molecule has 2 rings (SSSR count). The van der Waals surface area contributed by atoms with Crippen LogP contribution in [0.1, 0.15) is 15.9 Å². The molecule has 0 aromatic heterocycles. The number of rotatable bonds is 7. The van der Waals surface area contributed by atoms with Gasteiger partial charge in [-0.15, -0.1) is 0 Å². The van der Waals surface area contributed by atoms with Crippen LogP contribution in [0.2, 0.25) is 0 Å². The first-order chi connectivity index (χ1) is 11.3. The molecular weight excluding hydrogens is 332 g/mol. The van der Waals surface area contributed by atoms with Crippen molar-refractivity contribution in [2.45, 2.75) is 5.75 Å². The van der Waals surface area contributed by atoms with Gasteiger partial charge in [0.1, 0.15) is 17.2 Å². The third-order valence-corrected chi connectivity index (χ3v) is 3.88. The van der Waals surface area contributed by atoms with E-state index < -0.39 is 21.6 Å². The molecule has 0 aliphatic heterocycles. The van der Waals surface area contributed by atoms with Crippen molar-refractivity contribution in [3.05, 3.63) is 53.6 Å². The fraction of sp³-hybridized carbons (Fsp3) is 0.188. The monoisotopic (exact) mass is 350 g/mol. The fourth-order valence-electron chi connectivity index (χ4n) is 2.23. The second-order valence-electron chi connectivity index (χ2n) is 5.01. The van der Waals surface area contributed by atoms with Crippen LogP contribution >= 0.6 is 0 Å². The summed E-state index contributed by atoms with van der Waals surface area (Å²) in [5.74, 6) is 0.0567. The molecule has 0 aliphatic rings. The highest BCUT2D eigenvalue weighted by atomic mass is 32.2. The Morgan fingerprint density at radius 3 is 2.33 bits per heavy atom. The first-order valence-corrected chi connectivity index (χ1v) is 8.73. The zero-order chi connectivity index (χ0) is 17.7. The summed E-state index contributed by atoms with van der Waals surface area (Å²) in [4.78, 5) is 12.1. The highest BCUT2D eigenvalue weighted by molar-refractivity contribution is 7.88. The zero-order valence-electron chi connectivity index (χ0n) is 13.1. The number of ketones is 1. The van der Waals surface area contributed by atoms with Crippen molar-refractivity contribution in [1.82, 2.24) is 0 Å². The van der Waals surface area contributed by atoms with Crippen LogP contribution in [0.3, 0.4) is 0 Å². The number of carbonyl (C=O) groups excluding carboxylic acids is 1. The lowest BCUT2D eigenvalue weighted by Crippen LogP contribution is -2.18. The number of para-hydroxylation sites is 1. The second-order valence-corrected chi connectivity index (χ2v) is 6.63. The van der Waals surface area contributed by atoms with Crippen LogP contribution in [0.4, 0.5) is 0 Å². The SMILES string of the molecule is COc1c(CS(N)(=O)=O)cc(Oc2ccccc2)cc1C(=O)CN. The van der Waals surface area contributed by atoms with Crippen LogP contribution in [0.5, 0.6) is 17.2 Å². The molecule has 0 saturated heterocycles. The van der Waals surface area contributed by atoms with Gasteiger partial charge in [0.15, 0.2) is 5.78 Å². The number of methoxy groups -OCH3 is 1. The topological polar surface area (TPSA) is 122 Å². The van der Waals surface area contributed by atoms with Crippen LogP contribution in [0, 0.1) is 0 Å². The molecule has 24 heavy (non-hydrogen) atoms. The first-order valence-electron chi connectivity index (χ1n) is 7.01. The third kappa shape index (κ3) is 4.54. The molecule has 0 amide bonds.